The predicted molar refractivity (Wildman–Crippen MR) is 77.1 cm³/mol. The van der Waals surface area contributed by atoms with E-state index in [0.29, 0.717) is 13.1 Å². The van der Waals surface area contributed by atoms with E-state index in [9.17, 15) is 14.9 Å². The highest BCUT2D eigenvalue weighted by Gasteiger charge is 2.15. The van der Waals surface area contributed by atoms with Crippen molar-refractivity contribution in [2.75, 3.05) is 11.9 Å². The Labute approximate surface area is 120 Å². The smallest absolute Gasteiger partial charge is 0.292 e. The Hall–Kier alpha value is -2.90. The number of nitrogens with one attached hydrogen (secondary N) is 1. The lowest BCUT2D eigenvalue weighted by atomic mass is 10.1. The van der Waals surface area contributed by atoms with Gasteiger partial charge in [0.1, 0.15) is 5.69 Å². The molecule has 0 spiro atoms. The first kappa shape index (κ1) is 14.5. The van der Waals surface area contributed by atoms with Crippen LogP contribution >= 0.6 is 0 Å². The number of rotatable bonds is 6. The zero-order chi connectivity index (χ0) is 15.4. The zero-order valence-corrected chi connectivity index (χ0v) is 11.4. The summed E-state index contributed by atoms with van der Waals surface area (Å²) in [7, 11) is 0. The van der Waals surface area contributed by atoms with Gasteiger partial charge in [0, 0.05) is 24.4 Å². The van der Waals surface area contributed by atoms with E-state index in [-0.39, 0.29) is 16.9 Å². The first-order valence-corrected chi connectivity index (χ1v) is 6.28. The van der Waals surface area contributed by atoms with Crippen LogP contribution in [-0.4, -0.2) is 27.2 Å². The second-order valence-electron chi connectivity index (χ2n) is 4.56. The van der Waals surface area contributed by atoms with E-state index in [1.807, 2.05) is 13.1 Å². The number of nitrogens with zero attached hydrogens (tertiary/aromatic N) is 3. The van der Waals surface area contributed by atoms with Gasteiger partial charge in [0.2, 0.25) is 5.91 Å². The molecular formula is C13H15N5O3. The van der Waals surface area contributed by atoms with Crippen LogP contribution in [0.5, 0.6) is 0 Å². The van der Waals surface area contributed by atoms with Crippen LogP contribution in [0.4, 0.5) is 11.4 Å². The van der Waals surface area contributed by atoms with Crippen molar-refractivity contribution in [2.24, 2.45) is 5.73 Å². The quantitative estimate of drug-likeness (QED) is 0.614. The molecule has 1 aromatic carbocycles. The molecular weight excluding hydrogens is 274 g/mol. The van der Waals surface area contributed by atoms with Crippen LogP contribution in [0.1, 0.15) is 15.9 Å². The molecule has 0 radical (unpaired) electrons. The number of aromatic nitrogens is 2. The molecule has 21 heavy (non-hydrogen) atoms. The Kier molecular flexibility index (Phi) is 4.17. The summed E-state index contributed by atoms with van der Waals surface area (Å²) in [6.07, 6.45) is 3.60. The molecule has 1 amide bonds. The Morgan fingerprint density at radius 1 is 1.52 bits per heavy atom. The number of nitro benzene ring substituents is 1. The minimum absolute atomic E-state index is 0.100. The fraction of sp³-hybridized carbons (Fsp3) is 0.231. The summed E-state index contributed by atoms with van der Waals surface area (Å²) in [5.74, 6) is -0.629. The van der Waals surface area contributed by atoms with Crippen molar-refractivity contribution in [1.29, 1.82) is 0 Å². The largest absolute Gasteiger partial charge is 0.378 e. The molecule has 0 fully saturated rings. The molecule has 0 atom stereocenters. The molecule has 1 heterocycles. The Balaban J connectivity index is 2.11. The number of nitro groups is 1. The monoisotopic (exact) mass is 289 g/mol. The fourth-order valence-corrected chi connectivity index (χ4v) is 1.88. The van der Waals surface area contributed by atoms with E-state index >= 15 is 0 Å². The van der Waals surface area contributed by atoms with Gasteiger partial charge in [-0.2, -0.15) is 5.10 Å². The third-order valence-corrected chi connectivity index (χ3v) is 2.90. The minimum Gasteiger partial charge on any atom is -0.378 e. The second kappa shape index (κ2) is 6.04. The van der Waals surface area contributed by atoms with Gasteiger partial charge < -0.3 is 11.1 Å². The second-order valence-corrected chi connectivity index (χ2v) is 4.56. The molecule has 2 aromatic rings. The summed E-state index contributed by atoms with van der Waals surface area (Å²) in [5.41, 5.74) is 6.60. The normalized spacial score (nSPS) is 10.3. The van der Waals surface area contributed by atoms with Crippen molar-refractivity contribution in [1.82, 2.24) is 9.78 Å². The topological polar surface area (TPSA) is 116 Å². The standard InChI is InChI=1S/C13H15N5O3/c1-9-7-16-17(8-9)5-4-15-11-6-10(13(14)19)2-3-12(11)18(20)21/h2-3,6-8,15H,4-5H2,1H3,(H2,14,19). The number of carbonyl (C=O) groups is 1. The number of anilines is 1. The molecule has 3 N–H and O–H groups in total. The van der Waals surface area contributed by atoms with Gasteiger partial charge in [0.05, 0.1) is 17.7 Å². The van der Waals surface area contributed by atoms with Gasteiger partial charge in [-0.1, -0.05) is 0 Å². The van der Waals surface area contributed by atoms with Gasteiger partial charge in [0.15, 0.2) is 0 Å². The lowest BCUT2D eigenvalue weighted by molar-refractivity contribution is -0.384. The molecule has 0 unspecified atom stereocenters. The maximum Gasteiger partial charge on any atom is 0.292 e. The third kappa shape index (κ3) is 3.56. The number of hydrogen-bond donors (Lipinski definition) is 2. The fourth-order valence-electron chi connectivity index (χ4n) is 1.88. The lowest BCUT2D eigenvalue weighted by Crippen LogP contribution is -2.14. The molecule has 2 rings (SSSR count). The SMILES string of the molecule is Cc1cnn(CCNc2cc(C(N)=O)ccc2[N+](=O)[O-])c1. The summed E-state index contributed by atoms with van der Waals surface area (Å²) < 4.78 is 1.73. The molecule has 0 bridgehead atoms. The summed E-state index contributed by atoms with van der Waals surface area (Å²) in [6, 6.07) is 3.98. The lowest BCUT2D eigenvalue weighted by Gasteiger charge is -2.08. The number of primary amides is 1. The molecule has 0 aliphatic rings. The van der Waals surface area contributed by atoms with Gasteiger partial charge in [-0.25, -0.2) is 0 Å². The van der Waals surface area contributed by atoms with Crippen molar-refractivity contribution < 1.29 is 9.72 Å². The van der Waals surface area contributed by atoms with Crippen molar-refractivity contribution in [3.63, 3.8) is 0 Å². The highest BCUT2D eigenvalue weighted by molar-refractivity contribution is 5.94. The van der Waals surface area contributed by atoms with Crippen LogP contribution in [0, 0.1) is 17.0 Å². The van der Waals surface area contributed by atoms with Crippen LogP contribution in [0.3, 0.4) is 0 Å². The molecule has 110 valence electrons. The Morgan fingerprint density at radius 2 is 2.29 bits per heavy atom. The summed E-state index contributed by atoms with van der Waals surface area (Å²) in [4.78, 5) is 21.6. The molecule has 1 aromatic heterocycles. The molecule has 0 aliphatic carbocycles. The average molecular weight is 289 g/mol. The predicted octanol–water partition coefficient (Wildman–Crippen LogP) is 1.31. The van der Waals surface area contributed by atoms with Crippen molar-refractivity contribution in [3.05, 3.63) is 51.8 Å². The van der Waals surface area contributed by atoms with Gasteiger partial charge in [0.25, 0.3) is 5.69 Å². The number of hydrogen-bond acceptors (Lipinski definition) is 5. The zero-order valence-electron chi connectivity index (χ0n) is 11.4. The maximum atomic E-state index is 11.1. The van der Waals surface area contributed by atoms with Gasteiger partial charge in [-0.15, -0.1) is 0 Å². The summed E-state index contributed by atoms with van der Waals surface area (Å²) in [6.45, 7) is 2.91. The van der Waals surface area contributed by atoms with Crippen LogP contribution in [0.2, 0.25) is 0 Å². The first-order valence-electron chi connectivity index (χ1n) is 6.28. The van der Waals surface area contributed by atoms with E-state index in [4.69, 9.17) is 5.73 Å². The van der Waals surface area contributed by atoms with E-state index in [0.717, 1.165) is 5.56 Å². The average Bonchev–Trinajstić information content (AvgIpc) is 2.84. The Morgan fingerprint density at radius 3 is 2.86 bits per heavy atom. The maximum absolute atomic E-state index is 11.1. The van der Waals surface area contributed by atoms with E-state index in [1.54, 1.807) is 10.9 Å². The van der Waals surface area contributed by atoms with Crippen LogP contribution in [0.15, 0.2) is 30.6 Å². The molecule has 8 nitrogen and oxygen atoms in total. The van der Waals surface area contributed by atoms with E-state index in [2.05, 4.69) is 10.4 Å². The minimum atomic E-state index is -0.629. The molecule has 8 heteroatoms. The number of carbonyl (C=O) groups excluding carboxylic acids is 1. The third-order valence-electron chi connectivity index (χ3n) is 2.90. The van der Waals surface area contributed by atoms with E-state index < -0.39 is 10.8 Å². The number of amides is 1. The molecule has 0 saturated carbocycles. The van der Waals surface area contributed by atoms with Gasteiger partial charge in [-0.3, -0.25) is 19.6 Å². The van der Waals surface area contributed by atoms with Crippen LogP contribution in [-0.2, 0) is 6.54 Å². The molecule has 0 aliphatic heterocycles. The first-order chi connectivity index (χ1) is 9.97. The highest BCUT2D eigenvalue weighted by atomic mass is 16.6. The summed E-state index contributed by atoms with van der Waals surface area (Å²) >= 11 is 0. The van der Waals surface area contributed by atoms with Crippen LogP contribution in [0.25, 0.3) is 0 Å². The Bertz CT molecular complexity index is 680. The van der Waals surface area contributed by atoms with Gasteiger partial charge in [-0.05, 0) is 24.6 Å². The number of nitrogens with two attached hydrogens (primary N) is 1. The number of aryl methyl sites for hydroxylation is 1. The molecule has 0 saturated heterocycles. The van der Waals surface area contributed by atoms with Crippen molar-refractivity contribution in [3.8, 4) is 0 Å². The number of benzene rings is 1. The van der Waals surface area contributed by atoms with Crippen molar-refractivity contribution in [2.45, 2.75) is 13.5 Å². The highest BCUT2D eigenvalue weighted by Crippen LogP contribution is 2.25. The van der Waals surface area contributed by atoms with Gasteiger partial charge >= 0.3 is 0 Å². The van der Waals surface area contributed by atoms with Crippen LogP contribution < -0.4 is 11.1 Å². The van der Waals surface area contributed by atoms with E-state index in [1.165, 1.54) is 18.2 Å². The van der Waals surface area contributed by atoms with Crippen molar-refractivity contribution >= 4 is 17.3 Å². The summed E-state index contributed by atoms with van der Waals surface area (Å²) in [5, 5.41) is 18.0.